The normalized spacial score (nSPS) is 13.7. The van der Waals surface area contributed by atoms with Crippen LogP contribution in [0.15, 0.2) is 29.4 Å². The smallest absolute Gasteiger partial charge is 0.146 e. The first-order chi connectivity index (χ1) is 19.1. The highest BCUT2D eigenvalue weighted by Crippen LogP contribution is 2.51. The van der Waals surface area contributed by atoms with E-state index in [2.05, 4.69) is 52.8 Å². The predicted molar refractivity (Wildman–Crippen MR) is 175 cm³/mol. The van der Waals surface area contributed by atoms with Gasteiger partial charge in [0.1, 0.15) is 11.5 Å². The summed E-state index contributed by atoms with van der Waals surface area (Å²) in [4.78, 5) is 2.70. The minimum absolute atomic E-state index is 0.787. The van der Waals surface area contributed by atoms with Gasteiger partial charge in [-0.25, -0.2) is 0 Å². The molecule has 0 atom stereocenters. The van der Waals surface area contributed by atoms with Crippen molar-refractivity contribution >= 4 is 48.4 Å². The maximum absolute atomic E-state index is 6.63. The van der Waals surface area contributed by atoms with Crippen molar-refractivity contribution in [1.29, 1.82) is 0 Å². The molecule has 0 amide bonds. The average molecular weight is 567 g/mol. The molecule has 1 aromatic carbocycles. The summed E-state index contributed by atoms with van der Waals surface area (Å²) in [6.45, 7) is 12.9. The Morgan fingerprint density at radius 1 is 0.667 bits per heavy atom. The van der Waals surface area contributed by atoms with Crippen LogP contribution in [-0.4, -0.2) is 13.2 Å². The lowest BCUT2D eigenvalue weighted by molar-refractivity contribution is 0.307. The van der Waals surface area contributed by atoms with E-state index in [0.717, 1.165) is 44.0 Å². The van der Waals surface area contributed by atoms with Crippen LogP contribution < -0.4 is 9.47 Å². The quantitative estimate of drug-likeness (QED) is 0.143. The number of allylic oxidation sites excluding steroid dienone is 4. The molecule has 0 unspecified atom stereocenters. The first-order valence-electron chi connectivity index (χ1n) is 15.7. The van der Waals surface area contributed by atoms with Gasteiger partial charge in [-0.05, 0) is 69.2 Å². The number of benzene rings is 1. The Kier molecular flexibility index (Phi) is 11.8. The molecule has 1 aliphatic rings. The van der Waals surface area contributed by atoms with Crippen LogP contribution in [0.5, 0.6) is 11.5 Å². The highest BCUT2D eigenvalue weighted by atomic mass is 32.1. The van der Waals surface area contributed by atoms with Crippen LogP contribution in [0, 0.1) is 6.92 Å². The number of unbranched alkanes of at least 4 members (excludes halogenated alkanes) is 9. The first-order valence-corrected chi connectivity index (χ1v) is 17.3. The molecule has 4 rings (SSSR count). The van der Waals surface area contributed by atoms with Crippen molar-refractivity contribution in [3.8, 4) is 11.5 Å². The molecule has 4 heteroatoms. The molecule has 2 aromatic heterocycles. The standard InChI is InChI=1S/C35H50O2S2/c1-6-9-12-15-18-27-23-28(21-25(27)4)31-24-30-33(37-20-17-14-11-8-3)34-29(22-26(5)38-34)32(35(30)39-31)36-19-16-13-10-7-2/h22-24H,6-21H2,1-5H3. The molecule has 1 aliphatic carbocycles. The zero-order valence-corrected chi connectivity index (χ0v) is 26.8. The van der Waals surface area contributed by atoms with Gasteiger partial charge in [0.15, 0.2) is 0 Å². The monoisotopic (exact) mass is 566 g/mol. The summed E-state index contributed by atoms with van der Waals surface area (Å²) in [5, 5.41) is 2.49. The Morgan fingerprint density at radius 2 is 1.23 bits per heavy atom. The van der Waals surface area contributed by atoms with E-state index in [9.17, 15) is 0 Å². The predicted octanol–water partition coefficient (Wildman–Crippen LogP) is 12.4. The molecule has 214 valence electrons. The van der Waals surface area contributed by atoms with Crippen molar-refractivity contribution in [2.75, 3.05) is 13.2 Å². The summed E-state index contributed by atoms with van der Waals surface area (Å²) < 4.78 is 15.8. The Bertz CT molecular complexity index is 1200. The zero-order valence-electron chi connectivity index (χ0n) is 25.2. The molecule has 0 radical (unpaired) electrons. The molecule has 0 saturated carbocycles. The number of thiophene rings is 2. The van der Waals surface area contributed by atoms with E-state index < -0.39 is 0 Å². The van der Waals surface area contributed by atoms with E-state index >= 15 is 0 Å². The van der Waals surface area contributed by atoms with Crippen LogP contribution in [0.2, 0.25) is 0 Å². The van der Waals surface area contributed by atoms with Gasteiger partial charge in [-0.3, -0.25) is 0 Å². The number of rotatable bonds is 18. The summed E-state index contributed by atoms with van der Waals surface area (Å²) in [7, 11) is 0. The summed E-state index contributed by atoms with van der Waals surface area (Å²) in [6.07, 6.45) is 19.8. The van der Waals surface area contributed by atoms with Crippen molar-refractivity contribution in [2.45, 2.75) is 125 Å². The van der Waals surface area contributed by atoms with Gasteiger partial charge in [0.05, 0.1) is 22.6 Å². The second-order valence-corrected chi connectivity index (χ2v) is 13.7. The molecule has 0 N–H and O–H groups in total. The number of hydrogen-bond acceptors (Lipinski definition) is 4. The van der Waals surface area contributed by atoms with Crippen LogP contribution in [-0.2, 0) is 0 Å². The van der Waals surface area contributed by atoms with E-state index in [4.69, 9.17) is 9.47 Å². The molecule has 0 saturated heterocycles. The maximum Gasteiger partial charge on any atom is 0.146 e. The number of hydrogen-bond donors (Lipinski definition) is 0. The first kappa shape index (κ1) is 30.2. The Labute approximate surface area is 245 Å². The third-order valence-corrected chi connectivity index (χ3v) is 10.2. The molecule has 39 heavy (non-hydrogen) atoms. The molecule has 0 spiro atoms. The third kappa shape index (κ3) is 7.70. The minimum Gasteiger partial charge on any atom is -0.491 e. The molecule has 0 fully saturated rings. The van der Waals surface area contributed by atoms with Crippen LogP contribution in [0.1, 0.15) is 127 Å². The van der Waals surface area contributed by atoms with Crippen LogP contribution in [0.4, 0.5) is 0 Å². The van der Waals surface area contributed by atoms with Gasteiger partial charge in [-0.15, -0.1) is 22.7 Å². The van der Waals surface area contributed by atoms with Crippen molar-refractivity contribution in [2.24, 2.45) is 0 Å². The molecule has 2 nitrogen and oxygen atoms in total. The fraction of sp³-hybridized carbons (Fsp3) is 0.600. The lowest BCUT2D eigenvalue weighted by Crippen LogP contribution is -2.00. The lowest BCUT2D eigenvalue weighted by atomic mass is 10.0. The summed E-state index contributed by atoms with van der Waals surface area (Å²) in [6, 6.07) is 4.73. The van der Waals surface area contributed by atoms with Gasteiger partial charge in [0.2, 0.25) is 0 Å². The highest BCUT2D eigenvalue weighted by molar-refractivity contribution is 7.22. The zero-order chi connectivity index (χ0) is 27.6. The molecule has 0 aliphatic heterocycles. The summed E-state index contributed by atoms with van der Waals surface area (Å²) >= 11 is 3.77. The van der Waals surface area contributed by atoms with Gasteiger partial charge in [-0.1, -0.05) is 90.2 Å². The number of ether oxygens (including phenoxy) is 2. The Hall–Kier alpha value is -1.78. The van der Waals surface area contributed by atoms with E-state index in [1.54, 1.807) is 11.1 Å². The van der Waals surface area contributed by atoms with E-state index in [1.165, 1.54) is 106 Å². The third-order valence-electron chi connectivity index (χ3n) is 7.95. The topological polar surface area (TPSA) is 18.5 Å². The fourth-order valence-corrected chi connectivity index (χ4v) is 7.85. The van der Waals surface area contributed by atoms with Gasteiger partial charge in [0.25, 0.3) is 0 Å². The second kappa shape index (κ2) is 15.3. The summed E-state index contributed by atoms with van der Waals surface area (Å²) in [5.74, 6) is 2.16. The largest absolute Gasteiger partial charge is 0.491 e. The van der Waals surface area contributed by atoms with Crippen molar-refractivity contribution in [3.05, 3.63) is 39.1 Å². The number of aryl methyl sites for hydroxylation is 1. The molecule has 0 bridgehead atoms. The second-order valence-electron chi connectivity index (χ2n) is 11.4. The van der Waals surface area contributed by atoms with Crippen LogP contribution in [0.25, 0.3) is 25.7 Å². The molecule has 3 aromatic rings. The van der Waals surface area contributed by atoms with E-state index in [0.29, 0.717) is 0 Å². The Balaban J connectivity index is 1.67. The van der Waals surface area contributed by atoms with Gasteiger partial charge >= 0.3 is 0 Å². The highest BCUT2D eigenvalue weighted by Gasteiger charge is 2.23. The minimum atomic E-state index is 0.787. The molecular formula is C35H50O2S2. The Morgan fingerprint density at radius 3 is 1.85 bits per heavy atom. The van der Waals surface area contributed by atoms with Gasteiger partial charge < -0.3 is 9.47 Å². The van der Waals surface area contributed by atoms with Gasteiger partial charge in [-0.2, -0.15) is 0 Å². The molecular weight excluding hydrogens is 517 g/mol. The lowest BCUT2D eigenvalue weighted by Gasteiger charge is -2.13. The van der Waals surface area contributed by atoms with E-state index in [1.807, 2.05) is 22.7 Å². The average Bonchev–Trinajstić information content (AvgIpc) is 3.63. The van der Waals surface area contributed by atoms with Crippen molar-refractivity contribution in [1.82, 2.24) is 0 Å². The maximum atomic E-state index is 6.63. The van der Waals surface area contributed by atoms with Crippen LogP contribution >= 0.6 is 22.7 Å². The van der Waals surface area contributed by atoms with E-state index in [-0.39, 0.29) is 0 Å². The van der Waals surface area contributed by atoms with Crippen LogP contribution in [0.3, 0.4) is 0 Å². The van der Waals surface area contributed by atoms with Gasteiger partial charge in [0, 0.05) is 20.5 Å². The number of fused-ring (bicyclic) bond motifs is 2. The molecule has 2 heterocycles. The van der Waals surface area contributed by atoms with Crippen molar-refractivity contribution in [3.63, 3.8) is 0 Å². The fourth-order valence-electron chi connectivity index (χ4n) is 5.65. The SMILES string of the molecule is CCCCCCOc1c2cc(C3=CC(CCCCCC)=C(C)C3)sc2c(OCCCCCC)c2cc(C)sc12. The van der Waals surface area contributed by atoms with Crippen molar-refractivity contribution < 1.29 is 9.47 Å². The summed E-state index contributed by atoms with van der Waals surface area (Å²) in [5.41, 5.74) is 4.59.